The Bertz CT molecular complexity index is 641. The standard InChI is InChI=1S/C18H19ClO3.Ca.2H/c1-3-15(13-9-6-5-7-10-13)21-16-12-8-11-14(19)18(16)22-17(20)4-2;;;/h5-12,15H,3-4H2,1-2H3;;;/q;+2;2*-1. The zero-order valence-electron chi connectivity index (χ0n) is 15.4. The first-order valence-corrected chi connectivity index (χ1v) is 7.74. The Morgan fingerprint density at radius 1 is 1.13 bits per heavy atom. The van der Waals surface area contributed by atoms with Gasteiger partial charge in [0.05, 0.1) is 5.02 Å². The second kappa shape index (κ2) is 10.2. The van der Waals surface area contributed by atoms with Gasteiger partial charge in [0.1, 0.15) is 6.10 Å². The number of ether oxygens (including phenoxy) is 2. The first kappa shape index (κ1) is 20.3. The van der Waals surface area contributed by atoms with Gasteiger partial charge in [0.15, 0.2) is 11.5 Å². The molecular weight excluding hydrogens is 340 g/mol. The Labute approximate surface area is 174 Å². The first-order chi connectivity index (χ1) is 10.7. The average Bonchev–Trinajstić information content (AvgIpc) is 2.56. The first-order valence-electron chi connectivity index (χ1n) is 7.36. The van der Waals surface area contributed by atoms with E-state index in [1.807, 2.05) is 37.3 Å². The normalized spacial score (nSPS) is 11.3. The van der Waals surface area contributed by atoms with Gasteiger partial charge in [-0.3, -0.25) is 4.79 Å². The maximum atomic E-state index is 11.6. The van der Waals surface area contributed by atoms with Crippen molar-refractivity contribution in [2.24, 2.45) is 0 Å². The minimum atomic E-state index is -0.342. The number of para-hydroxylation sites is 1. The Hall–Kier alpha value is -0.740. The molecule has 0 amide bonds. The molecule has 0 aromatic heterocycles. The van der Waals surface area contributed by atoms with Gasteiger partial charge in [-0.25, -0.2) is 0 Å². The number of esters is 1. The molecular formula is C18H21CaClO3. The monoisotopic (exact) mass is 360 g/mol. The van der Waals surface area contributed by atoms with Crippen LogP contribution in [0.5, 0.6) is 11.5 Å². The minimum absolute atomic E-state index is 0. The zero-order valence-corrected chi connectivity index (χ0v) is 16.4. The van der Waals surface area contributed by atoms with Crippen LogP contribution in [0.4, 0.5) is 0 Å². The minimum Gasteiger partial charge on any atom is -1.00 e. The van der Waals surface area contributed by atoms with E-state index >= 15 is 0 Å². The summed E-state index contributed by atoms with van der Waals surface area (Å²) in [5, 5.41) is 0.363. The third kappa shape index (κ3) is 5.68. The van der Waals surface area contributed by atoms with E-state index in [9.17, 15) is 4.79 Å². The molecule has 2 aromatic carbocycles. The van der Waals surface area contributed by atoms with E-state index in [-0.39, 0.29) is 64.8 Å². The third-order valence-electron chi connectivity index (χ3n) is 3.25. The zero-order chi connectivity index (χ0) is 15.9. The fraction of sp³-hybridized carbons (Fsp3) is 0.278. The van der Waals surface area contributed by atoms with Crippen LogP contribution >= 0.6 is 11.6 Å². The molecule has 0 bridgehead atoms. The average molecular weight is 361 g/mol. The van der Waals surface area contributed by atoms with Crippen molar-refractivity contribution in [1.29, 1.82) is 0 Å². The van der Waals surface area contributed by atoms with Gasteiger partial charge < -0.3 is 12.3 Å². The van der Waals surface area contributed by atoms with Crippen LogP contribution < -0.4 is 9.47 Å². The molecule has 0 heterocycles. The van der Waals surface area contributed by atoms with Crippen LogP contribution in [-0.4, -0.2) is 43.7 Å². The smallest absolute Gasteiger partial charge is 1.00 e. The maximum absolute atomic E-state index is 11.6. The van der Waals surface area contributed by atoms with E-state index in [1.165, 1.54) is 0 Å². The number of hydrogen-bond donors (Lipinski definition) is 0. The predicted molar refractivity (Wildman–Crippen MR) is 95.5 cm³/mol. The second-order valence-electron chi connectivity index (χ2n) is 4.82. The van der Waals surface area contributed by atoms with Gasteiger partial charge in [-0.15, -0.1) is 0 Å². The van der Waals surface area contributed by atoms with Crippen LogP contribution in [-0.2, 0) is 4.79 Å². The van der Waals surface area contributed by atoms with Gasteiger partial charge >= 0.3 is 43.7 Å². The van der Waals surface area contributed by atoms with Crippen LogP contribution in [0.15, 0.2) is 48.5 Å². The molecule has 0 aliphatic carbocycles. The third-order valence-corrected chi connectivity index (χ3v) is 3.54. The van der Waals surface area contributed by atoms with E-state index in [2.05, 4.69) is 0 Å². The van der Waals surface area contributed by atoms with E-state index in [4.69, 9.17) is 21.1 Å². The molecule has 0 radical (unpaired) electrons. The van der Waals surface area contributed by atoms with Crippen LogP contribution in [0.1, 0.15) is 41.2 Å². The molecule has 2 aromatic rings. The van der Waals surface area contributed by atoms with Crippen LogP contribution in [0.25, 0.3) is 0 Å². The summed E-state index contributed by atoms with van der Waals surface area (Å²) in [6.45, 7) is 3.78. The molecule has 0 aliphatic heterocycles. The summed E-state index contributed by atoms with van der Waals surface area (Å²) in [6, 6.07) is 15.1. The van der Waals surface area contributed by atoms with Crippen molar-refractivity contribution in [3.05, 3.63) is 59.1 Å². The number of halogens is 1. The van der Waals surface area contributed by atoms with Crippen LogP contribution in [0.3, 0.4) is 0 Å². The molecule has 0 saturated heterocycles. The van der Waals surface area contributed by atoms with Gasteiger partial charge in [-0.2, -0.15) is 0 Å². The summed E-state index contributed by atoms with van der Waals surface area (Å²) in [5.41, 5.74) is 1.07. The fourth-order valence-corrected chi connectivity index (χ4v) is 2.28. The number of rotatable bonds is 6. The van der Waals surface area contributed by atoms with Crippen molar-refractivity contribution in [1.82, 2.24) is 0 Å². The van der Waals surface area contributed by atoms with Gasteiger partial charge in [0.2, 0.25) is 0 Å². The Morgan fingerprint density at radius 3 is 2.43 bits per heavy atom. The molecule has 0 saturated carbocycles. The van der Waals surface area contributed by atoms with E-state index in [0.29, 0.717) is 10.8 Å². The Kier molecular flexibility index (Phi) is 9.00. The fourth-order valence-electron chi connectivity index (χ4n) is 2.07. The summed E-state index contributed by atoms with van der Waals surface area (Å²) >= 11 is 6.15. The van der Waals surface area contributed by atoms with Gasteiger partial charge in [-0.1, -0.05) is 61.8 Å². The predicted octanol–water partition coefficient (Wildman–Crippen LogP) is 5.03. The van der Waals surface area contributed by atoms with Crippen molar-refractivity contribution in [2.75, 3.05) is 0 Å². The van der Waals surface area contributed by atoms with E-state index in [1.54, 1.807) is 25.1 Å². The molecule has 0 aliphatic rings. The molecule has 0 fully saturated rings. The van der Waals surface area contributed by atoms with E-state index < -0.39 is 0 Å². The molecule has 120 valence electrons. The van der Waals surface area contributed by atoms with Gasteiger partial charge in [0.25, 0.3) is 0 Å². The summed E-state index contributed by atoms with van der Waals surface area (Å²) in [6.07, 6.45) is 0.942. The molecule has 3 nitrogen and oxygen atoms in total. The number of hydrogen-bond acceptors (Lipinski definition) is 3. The van der Waals surface area contributed by atoms with Gasteiger partial charge in [0, 0.05) is 6.42 Å². The van der Waals surface area contributed by atoms with E-state index in [0.717, 1.165) is 12.0 Å². The number of carbonyl (C=O) groups excluding carboxylic acids is 1. The second-order valence-corrected chi connectivity index (χ2v) is 5.23. The number of benzene rings is 2. The van der Waals surface area contributed by atoms with Gasteiger partial charge in [-0.05, 0) is 24.1 Å². The summed E-state index contributed by atoms with van der Waals surface area (Å²) < 4.78 is 11.4. The van der Waals surface area contributed by atoms with Crippen molar-refractivity contribution < 1.29 is 17.1 Å². The quantitative estimate of drug-likeness (QED) is 0.411. The van der Waals surface area contributed by atoms with Crippen molar-refractivity contribution in [3.8, 4) is 11.5 Å². The molecule has 5 heteroatoms. The van der Waals surface area contributed by atoms with Crippen molar-refractivity contribution in [2.45, 2.75) is 32.8 Å². The molecule has 0 spiro atoms. The summed E-state index contributed by atoms with van der Waals surface area (Å²) in [5.74, 6) is 0.418. The molecule has 2 rings (SSSR count). The van der Waals surface area contributed by atoms with Crippen molar-refractivity contribution in [3.63, 3.8) is 0 Å². The van der Waals surface area contributed by atoms with Crippen molar-refractivity contribution >= 4 is 55.3 Å². The molecule has 1 unspecified atom stereocenters. The largest absolute Gasteiger partial charge is 2.00 e. The Morgan fingerprint density at radius 2 is 1.83 bits per heavy atom. The van der Waals surface area contributed by atoms with Crippen LogP contribution in [0, 0.1) is 0 Å². The summed E-state index contributed by atoms with van der Waals surface area (Å²) in [4.78, 5) is 11.6. The maximum Gasteiger partial charge on any atom is 2.00 e. The Balaban J connectivity index is 0. The molecule has 1 atom stereocenters. The number of carbonyl (C=O) groups is 1. The van der Waals surface area contributed by atoms with Crippen LogP contribution in [0.2, 0.25) is 5.02 Å². The topological polar surface area (TPSA) is 35.5 Å². The SMILES string of the molecule is CCC(=O)Oc1c(Cl)cccc1OC(CC)c1ccccc1.[Ca+2].[H-].[H-]. The summed E-state index contributed by atoms with van der Waals surface area (Å²) in [7, 11) is 0. The molecule has 0 N–H and O–H groups in total. The molecule has 23 heavy (non-hydrogen) atoms.